The molecule has 1 heterocycles. The van der Waals surface area contributed by atoms with E-state index in [1.54, 1.807) is 0 Å². The molecule has 1 aromatic heterocycles. The van der Waals surface area contributed by atoms with Crippen molar-refractivity contribution in [1.29, 1.82) is 5.26 Å². The van der Waals surface area contributed by atoms with E-state index in [4.69, 9.17) is 9.68 Å². The molecule has 0 aliphatic carbocycles. The molecule has 4 nitrogen and oxygen atoms in total. The molecule has 18 heavy (non-hydrogen) atoms. The second-order valence-corrected chi connectivity index (χ2v) is 4.59. The van der Waals surface area contributed by atoms with Gasteiger partial charge in [0.2, 0.25) is 0 Å². The molecule has 1 aromatic carbocycles. The van der Waals surface area contributed by atoms with Gasteiger partial charge in [-0.2, -0.15) is 5.26 Å². The molecule has 2 aromatic rings. The molecule has 0 spiro atoms. The van der Waals surface area contributed by atoms with E-state index in [1.165, 1.54) is 12.0 Å². The number of fused-ring (bicyclic) bond motifs is 1. The van der Waals surface area contributed by atoms with E-state index in [1.807, 2.05) is 26.1 Å². The number of benzene rings is 1. The third kappa shape index (κ3) is 2.88. The molecule has 94 valence electrons. The smallest absolute Gasteiger partial charge is 0.181 e. The topological polar surface area (TPSA) is 53.1 Å². The van der Waals surface area contributed by atoms with E-state index >= 15 is 0 Å². The van der Waals surface area contributed by atoms with Gasteiger partial charge in [0.25, 0.3) is 0 Å². The van der Waals surface area contributed by atoms with Crippen molar-refractivity contribution in [2.75, 3.05) is 13.6 Å². The highest BCUT2D eigenvalue weighted by molar-refractivity contribution is 5.72. The number of hydrogen-bond donors (Lipinski definition) is 0. The Morgan fingerprint density at radius 2 is 2.33 bits per heavy atom. The van der Waals surface area contributed by atoms with Gasteiger partial charge < -0.3 is 9.32 Å². The summed E-state index contributed by atoms with van der Waals surface area (Å²) in [4.78, 5) is 6.25. The SMILES string of the molecule is CCC(C#N)CN(C)Cc1ccc2ncoc2c1. The summed E-state index contributed by atoms with van der Waals surface area (Å²) in [5.74, 6) is 0.101. The van der Waals surface area contributed by atoms with Gasteiger partial charge in [0.05, 0.1) is 12.0 Å². The van der Waals surface area contributed by atoms with Gasteiger partial charge in [-0.3, -0.25) is 0 Å². The van der Waals surface area contributed by atoms with Crippen LogP contribution in [-0.2, 0) is 6.54 Å². The summed E-state index contributed by atoms with van der Waals surface area (Å²) >= 11 is 0. The molecule has 4 heteroatoms. The maximum atomic E-state index is 8.95. The Labute approximate surface area is 107 Å². The first-order valence-electron chi connectivity index (χ1n) is 6.13. The minimum atomic E-state index is 0.101. The summed E-state index contributed by atoms with van der Waals surface area (Å²) in [6, 6.07) is 8.34. The van der Waals surface area contributed by atoms with Crippen LogP contribution < -0.4 is 0 Å². The number of nitriles is 1. The minimum absolute atomic E-state index is 0.101. The van der Waals surface area contributed by atoms with E-state index < -0.39 is 0 Å². The Bertz CT molecular complexity index is 555. The first kappa shape index (κ1) is 12.6. The molecule has 0 amide bonds. The second kappa shape index (κ2) is 5.65. The van der Waals surface area contributed by atoms with E-state index in [0.29, 0.717) is 0 Å². The predicted octanol–water partition coefficient (Wildman–Crippen LogP) is 2.81. The monoisotopic (exact) mass is 243 g/mol. The molecular formula is C14H17N3O. The van der Waals surface area contributed by atoms with Crippen molar-refractivity contribution in [2.45, 2.75) is 19.9 Å². The largest absolute Gasteiger partial charge is 0.443 e. The van der Waals surface area contributed by atoms with Gasteiger partial charge in [0.15, 0.2) is 12.0 Å². The van der Waals surface area contributed by atoms with Gasteiger partial charge in [0.1, 0.15) is 5.52 Å². The lowest BCUT2D eigenvalue weighted by Crippen LogP contribution is -2.24. The van der Waals surface area contributed by atoms with Gasteiger partial charge in [0, 0.05) is 13.1 Å². The van der Waals surface area contributed by atoms with Crippen LogP contribution in [0.2, 0.25) is 0 Å². The highest BCUT2D eigenvalue weighted by Crippen LogP contribution is 2.16. The van der Waals surface area contributed by atoms with Gasteiger partial charge in [-0.05, 0) is 31.2 Å². The number of oxazole rings is 1. The van der Waals surface area contributed by atoms with Crippen LogP contribution in [0.4, 0.5) is 0 Å². The highest BCUT2D eigenvalue weighted by Gasteiger charge is 2.09. The predicted molar refractivity (Wildman–Crippen MR) is 69.7 cm³/mol. The zero-order valence-electron chi connectivity index (χ0n) is 10.8. The number of hydrogen-bond acceptors (Lipinski definition) is 4. The molecule has 2 rings (SSSR count). The van der Waals surface area contributed by atoms with Gasteiger partial charge in [-0.1, -0.05) is 13.0 Å². The van der Waals surface area contributed by atoms with Crippen molar-refractivity contribution in [1.82, 2.24) is 9.88 Å². The molecule has 0 bridgehead atoms. The second-order valence-electron chi connectivity index (χ2n) is 4.59. The third-order valence-corrected chi connectivity index (χ3v) is 3.06. The average molecular weight is 243 g/mol. The Kier molecular flexibility index (Phi) is 3.96. The van der Waals surface area contributed by atoms with E-state index in [9.17, 15) is 0 Å². The normalized spacial score (nSPS) is 12.8. The summed E-state index contributed by atoms with van der Waals surface area (Å²) in [5.41, 5.74) is 2.87. The number of nitrogens with zero attached hydrogens (tertiary/aromatic N) is 3. The zero-order chi connectivity index (χ0) is 13.0. The highest BCUT2D eigenvalue weighted by atomic mass is 16.3. The Balaban J connectivity index is 2.02. The van der Waals surface area contributed by atoms with Crippen LogP contribution in [0.25, 0.3) is 11.1 Å². The fourth-order valence-electron chi connectivity index (χ4n) is 2.01. The Morgan fingerprint density at radius 1 is 1.50 bits per heavy atom. The van der Waals surface area contributed by atoms with Crippen molar-refractivity contribution in [3.8, 4) is 6.07 Å². The van der Waals surface area contributed by atoms with Crippen molar-refractivity contribution in [3.05, 3.63) is 30.2 Å². The summed E-state index contributed by atoms with van der Waals surface area (Å²) in [7, 11) is 2.03. The maximum absolute atomic E-state index is 8.95. The standard InChI is InChI=1S/C14H17N3O/c1-3-11(7-15)8-17(2)9-12-4-5-13-14(6-12)18-10-16-13/h4-6,10-11H,3,8-9H2,1-2H3. The zero-order valence-corrected chi connectivity index (χ0v) is 10.8. The quantitative estimate of drug-likeness (QED) is 0.810. The fraction of sp³-hybridized carbons (Fsp3) is 0.429. The van der Waals surface area contributed by atoms with Gasteiger partial charge in [-0.25, -0.2) is 4.98 Å². The lowest BCUT2D eigenvalue weighted by Gasteiger charge is -2.18. The van der Waals surface area contributed by atoms with Crippen molar-refractivity contribution in [3.63, 3.8) is 0 Å². The Morgan fingerprint density at radius 3 is 3.06 bits per heavy atom. The van der Waals surface area contributed by atoms with Crippen LogP contribution >= 0.6 is 0 Å². The van der Waals surface area contributed by atoms with Crippen molar-refractivity contribution in [2.24, 2.45) is 5.92 Å². The fourth-order valence-corrected chi connectivity index (χ4v) is 2.01. The van der Waals surface area contributed by atoms with E-state index in [-0.39, 0.29) is 5.92 Å². The molecule has 0 N–H and O–H groups in total. The lowest BCUT2D eigenvalue weighted by atomic mass is 10.1. The molecule has 0 fully saturated rings. The summed E-state index contributed by atoms with van der Waals surface area (Å²) in [5, 5.41) is 8.95. The van der Waals surface area contributed by atoms with Gasteiger partial charge >= 0.3 is 0 Å². The van der Waals surface area contributed by atoms with Crippen LogP contribution in [-0.4, -0.2) is 23.5 Å². The minimum Gasteiger partial charge on any atom is -0.443 e. The lowest BCUT2D eigenvalue weighted by molar-refractivity contribution is 0.292. The van der Waals surface area contributed by atoms with Crippen LogP contribution in [0, 0.1) is 17.2 Å². The van der Waals surface area contributed by atoms with Crippen LogP contribution in [0.3, 0.4) is 0 Å². The molecule has 1 unspecified atom stereocenters. The van der Waals surface area contributed by atoms with Crippen LogP contribution in [0.15, 0.2) is 29.0 Å². The summed E-state index contributed by atoms with van der Waals surface area (Å²) in [6.45, 7) is 3.65. The molecule has 0 aliphatic rings. The molecule has 0 aliphatic heterocycles. The first-order chi connectivity index (χ1) is 8.72. The number of rotatable bonds is 5. The molecule has 0 saturated heterocycles. The third-order valence-electron chi connectivity index (χ3n) is 3.06. The maximum Gasteiger partial charge on any atom is 0.181 e. The molecule has 0 saturated carbocycles. The average Bonchev–Trinajstić information content (AvgIpc) is 2.83. The summed E-state index contributed by atoms with van der Waals surface area (Å²) < 4.78 is 5.28. The molecular weight excluding hydrogens is 226 g/mol. The van der Waals surface area contributed by atoms with Crippen LogP contribution in [0.5, 0.6) is 0 Å². The number of aromatic nitrogens is 1. The summed E-state index contributed by atoms with van der Waals surface area (Å²) in [6.07, 6.45) is 2.35. The first-order valence-corrected chi connectivity index (χ1v) is 6.13. The van der Waals surface area contributed by atoms with Gasteiger partial charge in [-0.15, -0.1) is 0 Å². The van der Waals surface area contributed by atoms with E-state index in [2.05, 4.69) is 22.0 Å². The molecule has 0 radical (unpaired) electrons. The van der Waals surface area contributed by atoms with Crippen LogP contribution in [0.1, 0.15) is 18.9 Å². The van der Waals surface area contributed by atoms with Crippen molar-refractivity contribution >= 4 is 11.1 Å². The Hall–Kier alpha value is -1.86. The van der Waals surface area contributed by atoms with E-state index in [0.717, 1.165) is 30.6 Å². The van der Waals surface area contributed by atoms with Crippen molar-refractivity contribution < 1.29 is 4.42 Å². The molecule has 1 atom stereocenters.